The summed E-state index contributed by atoms with van der Waals surface area (Å²) in [5.41, 5.74) is 0.808. The summed E-state index contributed by atoms with van der Waals surface area (Å²) in [6.45, 7) is 1.27. The van der Waals surface area contributed by atoms with Gasteiger partial charge in [-0.3, -0.25) is 10.1 Å². The van der Waals surface area contributed by atoms with Crippen LogP contribution in [-0.2, 0) is 6.54 Å². The van der Waals surface area contributed by atoms with E-state index in [1.165, 1.54) is 11.8 Å². The van der Waals surface area contributed by atoms with E-state index in [0.717, 1.165) is 30.5 Å². The van der Waals surface area contributed by atoms with Crippen molar-refractivity contribution < 1.29 is 4.92 Å². The second kappa shape index (κ2) is 6.45. The molecule has 19 heavy (non-hydrogen) atoms. The van der Waals surface area contributed by atoms with E-state index < -0.39 is 4.92 Å². The van der Waals surface area contributed by atoms with Gasteiger partial charge in [-0.05, 0) is 12.5 Å². The number of thioether (sulfide) groups is 1. The van der Waals surface area contributed by atoms with Crippen LogP contribution in [-0.4, -0.2) is 27.1 Å². The first-order valence-electron chi connectivity index (χ1n) is 5.59. The molecule has 1 aromatic rings. The standard InChI is InChI=1S/C11H11Cl2N3O2S/c12-9-4-10(13)14-5-8(9)6-15-2-1-3-19-11(15)7-16(17)18/h4-5,7H,1-3,6H2/b11-7-. The van der Waals surface area contributed by atoms with Crippen molar-refractivity contribution in [3.05, 3.63) is 49.3 Å². The second-order valence-corrected chi connectivity index (χ2v) is 5.88. The molecule has 1 fully saturated rings. The summed E-state index contributed by atoms with van der Waals surface area (Å²) in [6.07, 6.45) is 3.63. The quantitative estimate of drug-likeness (QED) is 0.485. The first-order chi connectivity index (χ1) is 9.06. The van der Waals surface area contributed by atoms with E-state index in [4.69, 9.17) is 23.2 Å². The number of hydrogen-bond donors (Lipinski definition) is 0. The van der Waals surface area contributed by atoms with E-state index in [1.54, 1.807) is 12.3 Å². The van der Waals surface area contributed by atoms with Gasteiger partial charge in [0.15, 0.2) is 0 Å². The molecule has 0 saturated carbocycles. The first-order valence-corrected chi connectivity index (χ1v) is 7.33. The smallest absolute Gasteiger partial charge is 0.264 e. The van der Waals surface area contributed by atoms with Crippen LogP contribution in [0.5, 0.6) is 0 Å². The van der Waals surface area contributed by atoms with Crippen molar-refractivity contribution in [3.8, 4) is 0 Å². The summed E-state index contributed by atoms with van der Waals surface area (Å²) in [5.74, 6) is 0.892. The Morgan fingerprint density at radius 2 is 2.37 bits per heavy atom. The Labute approximate surface area is 124 Å². The highest BCUT2D eigenvalue weighted by molar-refractivity contribution is 8.03. The number of aromatic nitrogens is 1. The van der Waals surface area contributed by atoms with Crippen molar-refractivity contribution in [3.63, 3.8) is 0 Å². The predicted octanol–water partition coefficient (Wildman–Crippen LogP) is 3.40. The molecule has 0 radical (unpaired) electrons. The summed E-state index contributed by atoms with van der Waals surface area (Å²) in [4.78, 5) is 16.1. The zero-order valence-electron chi connectivity index (χ0n) is 9.88. The number of nitro groups is 1. The molecular formula is C11H11Cl2N3O2S. The van der Waals surface area contributed by atoms with Gasteiger partial charge in [0.05, 0.1) is 9.95 Å². The molecule has 1 aliphatic heterocycles. The van der Waals surface area contributed by atoms with Crippen LogP contribution in [0.3, 0.4) is 0 Å². The molecule has 8 heteroatoms. The molecule has 5 nitrogen and oxygen atoms in total. The maximum atomic E-state index is 10.6. The minimum Gasteiger partial charge on any atom is -0.357 e. The Kier molecular flexibility index (Phi) is 4.90. The van der Waals surface area contributed by atoms with Crippen LogP contribution in [0.15, 0.2) is 23.5 Å². The van der Waals surface area contributed by atoms with Crippen molar-refractivity contribution >= 4 is 35.0 Å². The van der Waals surface area contributed by atoms with Crippen LogP contribution >= 0.6 is 35.0 Å². The van der Waals surface area contributed by atoms with Gasteiger partial charge in [0.2, 0.25) is 0 Å². The van der Waals surface area contributed by atoms with E-state index in [9.17, 15) is 10.1 Å². The topological polar surface area (TPSA) is 59.3 Å². The molecule has 102 valence electrons. The average Bonchev–Trinajstić information content (AvgIpc) is 2.34. The van der Waals surface area contributed by atoms with Gasteiger partial charge in [-0.1, -0.05) is 23.2 Å². The molecule has 0 amide bonds. The molecule has 1 aromatic heterocycles. The highest BCUT2D eigenvalue weighted by atomic mass is 35.5. The SMILES string of the molecule is O=[N+]([O-])/C=C1\SCCCN1Cc1cnc(Cl)cc1Cl. The van der Waals surface area contributed by atoms with Crippen molar-refractivity contribution in [2.24, 2.45) is 0 Å². The summed E-state index contributed by atoms with van der Waals surface area (Å²) in [6, 6.07) is 1.58. The van der Waals surface area contributed by atoms with Crippen molar-refractivity contribution in [2.75, 3.05) is 12.3 Å². The molecule has 0 aliphatic carbocycles. The molecule has 0 atom stereocenters. The summed E-state index contributed by atoms with van der Waals surface area (Å²) in [5, 5.41) is 12.1. The maximum absolute atomic E-state index is 10.6. The fourth-order valence-corrected chi connectivity index (χ4v) is 3.16. The third kappa shape index (κ3) is 3.99. The minimum atomic E-state index is -0.428. The fourth-order valence-electron chi connectivity index (χ4n) is 1.76. The zero-order valence-corrected chi connectivity index (χ0v) is 12.2. The second-order valence-electron chi connectivity index (χ2n) is 3.97. The molecule has 1 saturated heterocycles. The fraction of sp³-hybridized carbons (Fsp3) is 0.364. The first kappa shape index (κ1) is 14.4. The van der Waals surface area contributed by atoms with Crippen molar-refractivity contribution in [2.45, 2.75) is 13.0 Å². The summed E-state index contributed by atoms with van der Waals surface area (Å²) >= 11 is 13.3. The van der Waals surface area contributed by atoms with Gasteiger partial charge >= 0.3 is 0 Å². The van der Waals surface area contributed by atoms with Crippen molar-refractivity contribution in [1.29, 1.82) is 0 Å². The van der Waals surface area contributed by atoms with E-state index in [1.807, 2.05) is 4.90 Å². The monoisotopic (exact) mass is 319 g/mol. The largest absolute Gasteiger partial charge is 0.357 e. The Morgan fingerprint density at radius 1 is 1.58 bits per heavy atom. The Morgan fingerprint density at radius 3 is 3.05 bits per heavy atom. The van der Waals surface area contributed by atoms with Crippen LogP contribution in [0.1, 0.15) is 12.0 Å². The van der Waals surface area contributed by atoms with E-state index in [-0.39, 0.29) is 0 Å². The number of halogens is 2. The maximum Gasteiger partial charge on any atom is 0.264 e. The molecule has 0 bridgehead atoms. The number of nitrogens with zero attached hydrogens (tertiary/aromatic N) is 3. The lowest BCUT2D eigenvalue weighted by Gasteiger charge is -2.29. The summed E-state index contributed by atoms with van der Waals surface area (Å²) < 4.78 is 0. The third-order valence-electron chi connectivity index (χ3n) is 2.61. The molecular weight excluding hydrogens is 309 g/mol. The number of hydrogen-bond acceptors (Lipinski definition) is 5. The highest BCUT2D eigenvalue weighted by Gasteiger charge is 2.20. The molecule has 2 heterocycles. The Bertz CT molecular complexity index is 525. The normalized spacial score (nSPS) is 17.8. The van der Waals surface area contributed by atoms with Crippen LogP contribution in [0.2, 0.25) is 10.2 Å². The highest BCUT2D eigenvalue weighted by Crippen LogP contribution is 2.30. The third-order valence-corrected chi connectivity index (χ3v) is 4.32. The Hall–Kier alpha value is -0.980. The molecule has 0 unspecified atom stereocenters. The van der Waals surface area contributed by atoms with Crippen LogP contribution < -0.4 is 0 Å². The van der Waals surface area contributed by atoms with E-state index >= 15 is 0 Å². The zero-order chi connectivity index (χ0) is 13.8. The molecule has 0 N–H and O–H groups in total. The predicted molar refractivity (Wildman–Crippen MR) is 76.8 cm³/mol. The lowest BCUT2D eigenvalue weighted by atomic mass is 10.2. The van der Waals surface area contributed by atoms with E-state index in [0.29, 0.717) is 21.7 Å². The molecule has 0 aromatic carbocycles. The van der Waals surface area contributed by atoms with E-state index in [2.05, 4.69) is 4.98 Å². The van der Waals surface area contributed by atoms with Crippen molar-refractivity contribution in [1.82, 2.24) is 9.88 Å². The van der Waals surface area contributed by atoms with Gasteiger partial charge < -0.3 is 4.90 Å². The number of rotatable bonds is 3. The van der Waals surface area contributed by atoms with Gasteiger partial charge in [-0.2, -0.15) is 0 Å². The van der Waals surface area contributed by atoms with Gasteiger partial charge in [0, 0.05) is 30.6 Å². The lowest BCUT2D eigenvalue weighted by molar-refractivity contribution is -0.403. The minimum absolute atomic E-state index is 0.336. The van der Waals surface area contributed by atoms with Crippen LogP contribution in [0.4, 0.5) is 0 Å². The van der Waals surface area contributed by atoms with Crippen LogP contribution in [0.25, 0.3) is 0 Å². The van der Waals surface area contributed by atoms with Gasteiger partial charge in [0.25, 0.3) is 6.20 Å². The average molecular weight is 320 g/mol. The number of pyridine rings is 1. The molecule has 1 aliphatic rings. The summed E-state index contributed by atoms with van der Waals surface area (Å²) in [7, 11) is 0. The van der Waals surface area contributed by atoms with Gasteiger partial charge in [0.1, 0.15) is 10.2 Å². The van der Waals surface area contributed by atoms with Crippen LogP contribution in [0, 0.1) is 10.1 Å². The Balaban J connectivity index is 2.17. The lowest BCUT2D eigenvalue weighted by Crippen LogP contribution is -2.27. The molecule has 0 spiro atoms. The molecule has 2 rings (SSSR count). The van der Waals surface area contributed by atoms with Gasteiger partial charge in [-0.15, -0.1) is 11.8 Å². The van der Waals surface area contributed by atoms with Gasteiger partial charge in [-0.25, -0.2) is 4.98 Å².